The number of carbonyl (C=O) groups excluding carboxylic acids is 1. The van der Waals surface area contributed by atoms with E-state index in [0.717, 1.165) is 32.1 Å². The summed E-state index contributed by atoms with van der Waals surface area (Å²) in [6.45, 7) is 6.03. The van der Waals surface area contributed by atoms with Gasteiger partial charge in [-0.2, -0.15) is 0 Å². The summed E-state index contributed by atoms with van der Waals surface area (Å²) in [4.78, 5) is 12.3. The highest BCUT2D eigenvalue weighted by Gasteiger charge is 2.14. The average molecular weight is 556 g/mol. The van der Waals surface area contributed by atoms with Crippen molar-refractivity contribution in [2.45, 2.75) is 187 Å². The fourth-order valence-electron chi connectivity index (χ4n) is 5.24. The molecule has 0 saturated carbocycles. The maximum absolute atomic E-state index is 12.3. The van der Waals surface area contributed by atoms with Crippen LogP contribution in [0, 0.1) is 0 Å². The molecule has 0 radical (unpaired) electrons. The van der Waals surface area contributed by atoms with E-state index in [1.165, 1.54) is 135 Å². The zero-order chi connectivity index (χ0) is 28.5. The number of nitrogens with one attached hydrogen (secondary N) is 1. The predicted molar refractivity (Wildman–Crippen MR) is 168 cm³/mol. The fourth-order valence-corrected chi connectivity index (χ4v) is 5.24. The van der Waals surface area contributed by atoms with Gasteiger partial charge in [0, 0.05) is 13.2 Å². The third-order valence-electron chi connectivity index (χ3n) is 7.75. The van der Waals surface area contributed by atoms with Crippen LogP contribution in [-0.2, 0) is 9.47 Å². The molecule has 0 aromatic rings. The molecule has 0 fully saturated rings. The summed E-state index contributed by atoms with van der Waals surface area (Å²) in [7, 11) is 0. The van der Waals surface area contributed by atoms with Crippen molar-refractivity contribution in [2.24, 2.45) is 0 Å². The highest BCUT2D eigenvalue weighted by atomic mass is 16.6. The van der Waals surface area contributed by atoms with Crippen LogP contribution < -0.4 is 5.32 Å². The second kappa shape index (κ2) is 33.4. The van der Waals surface area contributed by atoms with E-state index in [2.05, 4.69) is 19.2 Å². The van der Waals surface area contributed by atoms with Gasteiger partial charge in [-0.05, 0) is 32.1 Å². The van der Waals surface area contributed by atoms with E-state index in [-0.39, 0.29) is 18.8 Å². The summed E-state index contributed by atoms with van der Waals surface area (Å²) in [5, 5.41) is 11.6. The van der Waals surface area contributed by atoms with Gasteiger partial charge in [0.2, 0.25) is 0 Å². The Bertz CT molecular complexity index is 474. The number of aliphatic hydroxyl groups is 1. The molecule has 0 saturated heterocycles. The molecule has 234 valence electrons. The lowest BCUT2D eigenvalue weighted by Gasteiger charge is -2.18. The third-order valence-corrected chi connectivity index (χ3v) is 7.75. The zero-order valence-electron chi connectivity index (χ0n) is 26.5. The van der Waals surface area contributed by atoms with E-state index in [4.69, 9.17) is 14.6 Å². The molecule has 0 aliphatic heterocycles. The topological polar surface area (TPSA) is 67.8 Å². The monoisotopic (exact) mass is 556 g/mol. The smallest absolute Gasteiger partial charge is 0.407 e. The van der Waals surface area contributed by atoms with Crippen LogP contribution in [0.4, 0.5) is 4.79 Å². The molecule has 39 heavy (non-hydrogen) atoms. The lowest BCUT2D eigenvalue weighted by Crippen LogP contribution is -2.30. The maximum Gasteiger partial charge on any atom is 0.407 e. The van der Waals surface area contributed by atoms with E-state index in [1.807, 2.05) is 0 Å². The molecule has 0 aromatic carbocycles. The molecular weight excluding hydrogens is 486 g/mol. The lowest BCUT2D eigenvalue weighted by molar-refractivity contribution is 0.0789. The van der Waals surface area contributed by atoms with E-state index in [0.29, 0.717) is 19.8 Å². The largest absolute Gasteiger partial charge is 0.446 e. The van der Waals surface area contributed by atoms with Gasteiger partial charge in [-0.15, -0.1) is 0 Å². The third kappa shape index (κ3) is 31.6. The summed E-state index contributed by atoms with van der Waals surface area (Å²) in [6, 6.07) is 0. The first-order chi connectivity index (χ1) is 19.2. The molecule has 0 aliphatic carbocycles. The summed E-state index contributed by atoms with van der Waals surface area (Å²) in [5.41, 5.74) is 0. The second-order valence-corrected chi connectivity index (χ2v) is 11.6. The summed E-state index contributed by atoms with van der Waals surface area (Å²) in [6.07, 6.45) is 33.4. The van der Waals surface area contributed by atoms with Crippen molar-refractivity contribution < 1.29 is 19.4 Å². The molecule has 1 amide bonds. The Balaban J connectivity index is 3.92. The first-order valence-corrected chi connectivity index (χ1v) is 17.4. The SMILES string of the molecule is CCCCCCCCCCCCCCCCCC(CCCCCCCCCC)OC(=O)NCCCOCCO. The summed E-state index contributed by atoms with van der Waals surface area (Å²) in [5.74, 6) is 0. The Hall–Kier alpha value is -0.810. The van der Waals surface area contributed by atoms with E-state index in [9.17, 15) is 4.79 Å². The summed E-state index contributed by atoms with van der Waals surface area (Å²) < 4.78 is 11.1. The van der Waals surface area contributed by atoms with Crippen molar-refractivity contribution >= 4 is 6.09 Å². The van der Waals surface area contributed by atoms with Gasteiger partial charge in [0.15, 0.2) is 0 Å². The van der Waals surface area contributed by atoms with Gasteiger partial charge >= 0.3 is 6.09 Å². The van der Waals surface area contributed by atoms with Gasteiger partial charge in [0.25, 0.3) is 0 Å². The van der Waals surface area contributed by atoms with Crippen molar-refractivity contribution in [1.29, 1.82) is 0 Å². The Kier molecular flexibility index (Phi) is 32.7. The molecule has 0 aromatic heterocycles. The Morgan fingerprint density at radius 2 is 0.949 bits per heavy atom. The van der Waals surface area contributed by atoms with Crippen molar-refractivity contribution in [2.75, 3.05) is 26.4 Å². The molecule has 5 nitrogen and oxygen atoms in total. The molecule has 0 spiro atoms. The molecule has 0 bridgehead atoms. The molecule has 1 unspecified atom stereocenters. The number of unbranched alkanes of at least 4 members (excludes halogenated alkanes) is 21. The maximum atomic E-state index is 12.3. The molecule has 0 heterocycles. The average Bonchev–Trinajstić information content (AvgIpc) is 2.94. The molecular formula is C34H69NO4. The molecule has 0 rings (SSSR count). The van der Waals surface area contributed by atoms with Crippen LogP contribution in [0.2, 0.25) is 0 Å². The highest BCUT2D eigenvalue weighted by molar-refractivity contribution is 5.67. The number of alkyl carbamates (subject to hydrolysis) is 1. The minimum absolute atomic E-state index is 0.0369. The molecule has 0 aliphatic rings. The van der Waals surface area contributed by atoms with E-state index >= 15 is 0 Å². The van der Waals surface area contributed by atoms with Gasteiger partial charge < -0.3 is 19.9 Å². The fraction of sp³-hybridized carbons (Fsp3) is 0.971. The van der Waals surface area contributed by atoms with Gasteiger partial charge in [-0.3, -0.25) is 0 Å². The van der Waals surface area contributed by atoms with Gasteiger partial charge in [0.05, 0.1) is 13.2 Å². The van der Waals surface area contributed by atoms with Gasteiger partial charge in [0.1, 0.15) is 6.10 Å². The van der Waals surface area contributed by atoms with Crippen molar-refractivity contribution in [3.05, 3.63) is 0 Å². The van der Waals surface area contributed by atoms with Crippen molar-refractivity contribution in [3.8, 4) is 0 Å². The van der Waals surface area contributed by atoms with Crippen LogP contribution in [0.3, 0.4) is 0 Å². The predicted octanol–water partition coefficient (Wildman–Crippen LogP) is 10.3. The van der Waals surface area contributed by atoms with Crippen molar-refractivity contribution in [3.63, 3.8) is 0 Å². The minimum atomic E-state index is -0.289. The Morgan fingerprint density at radius 3 is 1.33 bits per heavy atom. The zero-order valence-corrected chi connectivity index (χ0v) is 26.5. The van der Waals surface area contributed by atoms with E-state index < -0.39 is 0 Å². The van der Waals surface area contributed by atoms with Crippen molar-refractivity contribution in [1.82, 2.24) is 5.32 Å². The molecule has 5 heteroatoms. The molecule has 2 N–H and O–H groups in total. The second-order valence-electron chi connectivity index (χ2n) is 11.6. The number of amides is 1. The van der Waals surface area contributed by atoms with Gasteiger partial charge in [-0.1, -0.05) is 149 Å². The first-order valence-electron chi connectivity index (χ1n) is 17.4. The lowest BCUT2D eigenvalue weighted by atomic mass is 10.0. The Labute approximate surface area is 244 Å². The number of hydrogen-bond donors (Lipinski definition) is 2. The summed E-state index contributed by atoms with van der Waals surface area (Å²) >= 11 is 0. The number of hydrogen-bond acceptors (Lipinski definition) is 4. The number of carbonyl (C=O) groups is 1. The number of ether oxygens (including phenoxy) is 2. The first kappa shape index (κ1) is 38.2. The number of aliphatic hydroxyl groups excluding tert-OH is 1. The highest BCUT2D eigenvalue weighted by Crippen LogP contribution is 2.18. The van der Waals surface area contributed by atoms with E-state index in [1.54, 1.807) is 0 Å². The van der Waals surface area contributed by atoms with Crippen LogP contribution in [-0.4, -0.2) is 43.7 Å². The quantitative estimate of drug-likeness (QED) is 0.0810. The van der Waals surface area contributed by atoms with Crippen LogP contribution in [0.5, 0.6) is 0 Å². The van der Waals surface area contributed by atoms with Gasteiger partial charge in [-0.25, -0.2) is 4.79 Å². The van der Waals surface area contributed by atoms with Crippen LogP contribution in [0.1, 0.15) is 181 Å². The number of rotatable bonds is 32. The Morgan fingerprint density at radius 1 is 0.564 bits per heavy atom. The van der Waals surface area contributed by atoms with Crippen LogP contribution >= 0.6 is 0 Å². The van der Waals surface area contributed by atoms with Crippen LogP contribution in [0.15, 0.2) is 0 Å². The van der Waals surface area contributed by atoms with Crippen LogP contribution in [0.25, 0.3) is 0 Å². The minimum Gasteiger partial charge on any atom is -0.446 e. The normalized spacial score (nSPS) is 12.1. The molecule has 1 atom stereocenters. The standard InChI is InChI=1S/C34H69NO4/c1-3-5-7-9-11-13-14-15-16-17-18-19-21-23-25-28-33(27-24-22-20-12-10-8-6-4-2)39-34(37)35-29-26-31-38-32-30-36/h33,36H,3-32H2,1-2H3,(H,35,37).